The van der Waals surface area contributed by atoms with Crippen LogP contribution < -0.4 is 5.32 Å². The average molecular weight is 344 g/mol. The molecule has 1 fully saturated rings. The zero-order valence-corrected chi connectivity index (χ0v) is 15.1. The number of carboxylic acid groups (broad SMARTS) is 1. The highest BCUT2D eigenvalue weighted by atomic mass is 16.6. The van der Waals surface area contributed by atoms with Crippen molar-refractivity contribution in [2.24, 2.45) is 5.41 Å². The van der Waals surface area contributed by atoms with Crippen LogP contribution in [0.25, 0.3) is 0 Å². The first-order valence-electron chi connectivity index (χ1n) is 7.93. The van der Waals surface area contributed by atoms with E-state index in [2.05, 4.69) is 5.32 Å². The predicted molar refractivity (Wildman–Crippen MR) is 86.4 cm³/mol. The Morgan fingerprint density at radius 2 is 1.71 bits per heavy atom. The first-order valence-corrected chi connectivity index (χ1v) is 7.93. The van der Waals surface area contributed by atoms with E-state index in [0.717, 1.165) is 4.90 Å². The quantitative estimate of drug-likeness (QED) is 0.702. The topological polar surface area (TPSA) is 116 Å². The Hall–Kier alpha value is -1.83. The second kappa shape index (κ2) is 6.96. The lowest BCUT2D eigenvalue weighted by Crippen LogP contribution is -2.57. The number of β-amino-alcohol motifs (C(OH)–C–C–N with tert-alkyl or cyclic N) is 1. The fourth-order valence-corrected chi connectivity index (χ4v) is 2.53. The number of nitrogens with one attached hydrogen (secondary N) is 1. The molecule has 138 valence electrons. The van der Waals surface area contributed by atoms with Gasteiger partial charge in [-0.25, -0.2) is 9.59 Å². The van der Waals surface area contributed by atoms with E-state index in [1.165, 1.54) is 0 Å². The SMILES string of the molecule is CC(C)(C)OC(=O)N[C@H](C(=O)N1C[C@H](O)C[C@@H]1C(=O)O)C(C)(C)C. The zero-order chi connectivity index (χ0) is 18.9. The minimum Gasteiger partial charge on any atom is -0.480 e. The second-order valence-corrected chi connectivity index (χ2v) is 8.18. The third-order valence-corrected chi connectivity index (χ3v) is 3.62. The molecule has 24 heavy (non-hydrogen) atoms. The van der Waals surface area contributed by atoms with E-state index in [-0.39, 0.29) is 13.0 Å². The van der Waals surface area contributed by atoms with Crippen LogP contribution in [0.4, 0.5) is 4.79 Å². The van der Waals surface area contributed by atoms with Crippen molar-refractivity contribution in [3.8, 4) is 0 Å². The van der Waals surface area contributed by atoms with E-state index in [4.69, 9.17) is 4.74 Å². The summed E-state index contributed by atoms with van der Waals surface area (Å²) in [6.45, 7) is 10.3. The van der Waals surface area contributed by atoms with Crippen molar-refractivity contribution in [2.75, 3.05) is 6.54 Å². The van der Waals surface area contributed by atoms with Crippen LogP contribution in [0, 0.1) is 5.41 Å². The van der Waals surface area contributed by atoms with Gasteiger partial charge in [-0.2, -0.15) is 0 Å². The van der Waals surface area contributed by atoms with Gasteiger partial charge >= 0.3 is 12.1 Å². The van der Waals surface area contributed by atoms with Crippen LogP contribution in [-0.4, -0.2) is 63.4 Å². The maximum Gasteiger partial charge on any atom is 0.408 e. The second-order valence-electron chi connectivity index (χ2n) is 8.18. The zero-order valence-electron chi connectivity index (χ0n) is 15.1. The van der Waals surface area contributed by atoms with Crippen LogP contribution in [0.2, 0.25) is 0 Å². The van der Waals surface area contributed by atoms with Gasteiger partial charge in [-0.15, -0.1) is 0 Å². The van der Waals surface area contributed by atoms with Crippen LogP contribution in [-0.2, 0) is 14.3 Å². The minimum atomic E-state index is -1.18. The highest BCUT2D eigenvalue weighted by Gasteiger charge is 2.44. The fraction of sp³-hybridized carbons (Fsp3) is 0.812. The molecule has 1 aliphatic heterocycles. The van der Waals surface area contributed by atoms with Crippen LogP contribution in [0.15, 0.2) is 0 Å². The van der Waals surface area contributed by atoms with Gasteiger partial charge in [0.1, 0.15) is 17.7 Å². The third-order valence-electron chi connectivity index (χ3n) is 3.62. The van der Waals surface area contributed by atoms with Gasteiger partial charge in [-0.05, 0) is 26.2 Å². The van der Waals surface area contributed by atoms with Crippen molar-refractivity contribution >= 4 is 18.0 Å². The Morgan fingerprint density at radius 1 is 1.17 bits per heavy atom. The molecule has 0 aromatic carbocycles. The Morgan fingerprint density at radius 3 is 2.12 bits per heavy atom. The smallest absolute Gasteiger partial charge is 0.408 e. The van der Waals surface area contributed by atoms with Crippen molar-refractivity contribution in [1.29, 1.82) is 0 Å². The molecule has 0 unspecified atom stereocenters. The number of carbonyl (C=O) groups excluding carboxylic acids is 2. The molecule has 8 heteroatoms. The molecule has 0 spiro atoms. The first-order chi connectivity index (χ1) is 10.7. The number of aliphatic hydroxyl groups excluding tert-OH is 1. The summed E-state index contributed by atoms with van der Waals surface area (Å²) in [5.41, 5.74) is -1.38. The number of hydrogen-bond acceptors (Lipinski definition) is 5. The molecule has 2 amide bonds. The van der Waals surface area contributed by atoms with Crippen molar-refractivity contribution in [2.45, 2.75) is 71.8 Å². The Kier molecular flexibility index (Phi) is 5.86. The summed E-state index contributed by atoms with van der Waals surface area (Å²) in [5.74, 6) is -1.72. The molecular formula is C16H28N2O6. The van der Waals surface area contributed by atoms with E-state index in [1.54, 1.807) is 41.5 Å². The number of aliphatic hydroxyl groups is 1. The van der Waals surface area contributed by atoms with E-state index in [1.807, 2.05) is 0 Å². The Labute approximate surface area is 142 Å². The molecule has 0 aromatic heterocycles. The summed E-state index contributed by atoms with van der Waals surface area (Å²) in [6, 6.07) is -2.07. The van der Waals surface area contributed by atoms with E-state index in [0.29, 0.717) is 0 Å². The van der Waals surface area contributed by atoms with Crippen LogP contribution in [0.3, 0.4) is 0 Å². The van der Waals surface area contributed by atoms with Gasteiger partial charge in [-0.1, -0.05) is 20.8 Å². The van der Waals surface area contributed by atoms with Gasteiger partial charge in [0, 0.05) is 13.0 Å². The third kappa shape index (κ3) is 5.36. The molecule has 3 N–H and O–H groups in total. The minimum absolute atomic E-state index is 0.0234. The van der Waals surface area contributed by atoms with Gasteiger partial charge in [0.25, 0.3) is 0 Å². The maximum atomic E-state index is 12.8. The molecule has 3 atom stereocenters. The van der Waals surface area contributed by atoms with Crippen molar-refractivity contribution in [1.82, 2.24) is 10.2 Å². The summed E-state index contributed by atoms with van der Waals surface area (Å²) in [7, 11) is 0. The van der Waals surface area contributed by atoms with Gasteiger partial charge < -0.3 is 25.2 Å². The number of alkyl carbamates (subject to hydrolysis) is 1. The monoisotopic (exact) mass is 344 g/mol. The first kappa shape index (κ1) is 20.2. The van der Waals surface area contributed by atoms with E-state index in [9.17, 15) is 24.6 Å². The summed E-state index contributed by atoms with van der Waals surface area (Å²) >= 11 is 0. The van der Waals surface area contributed by atoms with E-state index >= 15 is 0 Å². The van der Waals surface area contributed by atoms with Gasteiger partial charge in [0.15, 0.2) is 0 Å². The van der Waals surface area contributed by atoms with Crippen molar-refractivity contribution < 1.29 is 29.3 Å². The van der Waals surface area contributed by atoms with Crippen molar-refractivity contribution in [3.05, 3.63) is 0 Å². The number of ether oxygens (including phenoxy) is 1. The number of amides is 2. The number of likely N-dealkylation sites (tertiary alicyclic amines) is 1. The molecular weight excluding hydrogens is 316 g/mol. The highest BCUT2D eigenvalue weighted by molar-refractivity contribution is 5.90. The molecule has 0 aliphatic carbocycles. The number of carbonyl (C=O) groups is 3. The predicted octanol–water partition coefficient (Wildman–Crippen LogP) is 0.972. The molecule has 8 nitrogen and oxygen atoms in total. The Balaban J connectivity index is 2.98. The molecule has 1 aliphatic rings. The van der Waals surface area contributed by atoms with Crippen LogP contribution in [0.1, 0.15) is 48.0 Å². The normalized spacial score (nSPS) is 22.9. The average Bonchev–Trinajstić information content (AvgIpc) is 2.74. The molecule has 1 heterocycles. The summed E-state index contributed by atoms with van der Waals surface area (Å²) in [6.07, 6.45) is -1.66. The lowest BCUT2D eigenvalue weighted by molar-refractivity contribution is -0.150. The number of aliphatic carboxylic acids is 1. The van der Waals surface area contributed by atoms with Crippen molar-refractivity contribution in [3.63, 3.8) is 0 Å². The number of nitrogens with zero attached hydrogens (tertiary/aromatic N) is 1. The van der Waals surface area contributed by atoms with E-state index < -0.39 is 47.2 Å². The van der Waals surface area contributed by atoms with Gasteiger partial charge in [0.2, 0.25) is 5.91 Å². The Bertz CT molecular complexity index is 506. The van der Waals surface area contributed by atoms with Crippen LogP contribution in [0.5, 0.6) is 0 Å². The summed E-state index contributed by atoms with van der Waals surface area (Å²) in [4.78, 5) is 37.3. The number of hydrogen-bond donors (Lipinski definition) is 3. The largest absolute Gasteiger partial charge is 0.480 e. The summed E-state index contributed by atoms with van der Waals surface area (Å²) < 4.78 is 5.19. The molecule has 0 radical (unpaired) electrons. The molecule has 1 saturated heterocycles. The molecule has 0 saturated carbocycles. The number of rotatable bonds is 3. The molecule has 0 bridgehead atoms. The number of carboxylic acids is 1. The van der Waals surface area contributed by atoms with Gasteiger partial charge in [-0.3, -0.25) is 4.79 Å². The van der Waals surface area contributed by atoms with Crippen LogP contribution >= 0.6 is 0 Å². The highest BCUT2D eigenvalue weighted by Crippen LogP contribution is 2.26. The standard InChI is InChI=1S/C16H28N2O6/c1-15(2,3)11(17-14(23)24-16(4,5)6)12(20)18-8-9(19)7-10(18)13(21)22/h9-11,19H,7-8H2,1-6H3,(H,17,23)(H,21,22)/t9-,10-,11-/m1/s1. The lowest BCUT2D eigenvalue weighted by atomic mass is 9.85. The lowest BCUT2D eigenvalue weighted by Gasteiger charge is -2.35. The molecule has 0 aromatic rings. The summed E-state index contributed by atoms with van der Waals surface area (Å²) in [5, 5.41) is 21.5. The molecule has 1 rings (SSSR count). The fourth-order valence-electron chi connectivity index (χ4n) is 2.53. The van der Waals surface area contributed by atoms with Gasteiger partial charge in [0.05, 0.1) is 6.10 Å². The maximum absolute atomic E-state index is 12.8.